The van der Waals surface area contributed by atoms with E-state index in [1.807, 2.05) is 13.8 Å². The normalized spacial score (nSPS) is 10.2. The number of hydrogen-bond donors (Lipinski definition) is 0. The van der Waals surface area contributed by atoms with Crippen molar-refractivity contribution in [3.8, 4) is 0 Å². The van der Waals surface area contributed by atoms with Crippen LogP contribution >= 0.6 is 0 Å². The van der Waals surface area contributed by atoms with Gasteiger partial charge in [0.1, 0.15) is 0 Å². The van der Waals surface area contributed by atoms with Gasteiger partial charge in [0, 0.05) is 195 Å². The molecule has 24 heavy (non-hydrogen) atoms. The van der Waals surface area contributed by atoms with Crippen molar-refractivity contribution in [3.63, 3.8) is 0 Å². The smallest absolute Gasteiger partial charge is 0.0702 e. The molecule has 0 atom stereocenters. The Morgan fingerprint density at radius 2 is 0.708 bits per heavy atom. The van der Waals surface area contributed by atoms with Crippen molar-refractivity contribution in [1.29, 1.82) is 0 Å². The first kappa shape index (κ1) is 70.2. The molecule has 2 rings (SSSR count). The molecule has 0 aliphatic carbocycles. The largest absolute Gasteiger partial charge is 0.358 e. The topological polar surface area (TPSA) is 34.1 Å². The Morgan fingerprint density at radius 1 is 0.583 bits per heavy atom. The van der Waals surface area contributed by atoms with E-state index in [-0.39, 0.29) is 203 Å². The molecule has 0 saturated carbocycles. The molecule has 0 spiro atoms. The molecule has 0 aromatic rings. The Balaban J connectivity index is -0.00000000878. The minimum Gasteiger partial charge on any atom is -0.358 e. The van der Waals surface area contributed by atoms with Crippen LogP contribution in [-0.2, 0) is 185 Å². The minimum atomic E-state index is -0.784. The fourth-order valence-corrected chi connectivity index (χ4v) is 1.75. The second-order valence-electron chi connectivity index (χ2n) is 1.97. The number of hydrogen-bond acceptors (Lipinski definition) is 2. The molecule has 0 N–H and O–H groups in total. The molecular weight excluding hydrogens is 720 g/mol. The SMILES string of the molecule is C.CC.O=S1C=CC=C1.O=S1C=CC=C1.[2HH].[B].[CH3-].[CH3-].[CH3-].[Y].[Y].[Y].[Y].[Y]. The van der Waals surface area contributed by atoms with Gasteiger partial charge < -0.3 is 22.3 Å². The molecule has 2 heterocycles. The molecule has 10 heteroatoms. The van der Waals surface area contributed by atoms with E-state index in [4.69, 9.17) is 0 Å². The Hall–Kier alpha value is 4.84. The maximum Gasteiger partial charge on any atom is 0.0702 e. The van der Waals surface area contributed by atoms with E-state index in [0.29, 0.717) is 0 Å². The molecule has 0 unspecified atom stereocenters. The Morgan fingerprint density at radius 3 is 0.750 bits per heavy atom. The van der Waals surface area contributed by atoms with E-state index in [1.54, 1.807) is 45.9 Å². The van der Waals surface area contributed by atoms with Crippen molar-refractivity contribution in [1.82, 2.24) is 0 Å². The van der Waals surface area contributed by atoms with Crippen LogP contribution in [-0.4, -0.2) is 16.8 Å². The van der Waals surface area contributed by atoms with Crippen molar-refractivity contribution in [2.24, 2.45) is 0 Å². The summed E-state index contributed by atoms with van der Waals surface area (Å²) in [6, 6.07) is 0. The van der Waals surface area contributed by atoms with Gasteiger partial charge in [-0.15, -0.1) is 0 Å². The number of allylic oxidation sites excluding steroid dienone is 4. The van der Waals surface area contributed by atoms with Crippen LogP contribution in [0.3, 0.4) is 0 Å². The minimum absolute atomic E-state index is 0. The summed E-state index contributed by atoms with van der Waals surface area (Å²) in [7, 11) is -1.57. The maximum absolute atomic E-state index is 10.2. The zero-order valence-corrected chi connectivity index (χ0v) is 30.5. The second-order valence-corrected chi connectivity index (χ2v) is 4.37. The van der Waals surface area contributed by atoms with Crippen LogP contribution in [0.2, 0.25) is 0 Å². The average Bonchev–Trinajstić information content (AvgIpc) is 2.83. The molecule has 0 fully saturated rings. The van der Waals surface area contributed by atoms with E-state index < -0.39 is 21.6 Å². The third-order valence-corrected chi connectivity index (χ3v) is 2.77. The standard InChI is InChI=1S/2C4H4OS.C2H6.CH4.3CH3.B.5Y.H2/c2*5-6-3-1-2-4-6;1-2;;;;;;;;;;;/h2*1-4H;1-2H3;1H4;3*1H3;;;;;;;1H/q;;;;3*-1;;;;;;;/i;;;;;;;;;;;;;1+1. The predicted molar refractivity (Wildman–Crippen MR) is 98.0 cm³/mol. The van der Waals surface area contributed by atoms with Crippen LogP contribution in [0, 0.1) is 22.3 Å². The first-order valence-corrected chi connectivity index (χ1v) is 6.83. The van der Waals surface area contributed by atoms with Crippen molar-refractivity contribution in [2.75, 3.05) is 0 Å². The average molecular weight is 750 g/mol. The Labute approximate surface area is 286 Å². The zero-order valence-electron chi connectivity index (χ0n) is 14.7. The first-order valence-electron chi connectivity index (χ1n) is 4.28. The van der Waals surface area contributed by atoms with Crippen LogP contribution in [0.4, 0.5) is 0 Å². The quantitative estimate of drug-likeness (QED) is 0.272. The molecule has 2 nitrogen and oxygen atoms in total. The number of rotatable bonds is 0. The summed E-state index contributed by atoms with van der Waals surface area (Å²) in [5.74, 6) is 0. The van der Waals surface area contributed by atoms with E-state index in [9.17, 15) is 8.42 Å². The van der Waals surface area contributed by atoms with E-state index in [0.717, 1.165) is 0 Å². The van der Waals surface area contributed by atoms with Gasteiger partial charge in [0.05, 0.1) is 21.6 Å². The summed E-state index contributed by atoms with van der Waals surface area (Å²) in [4.78, 5) is 0. The molecule has 0 aromatic carbocycles. The van der Waals surface area contributed by atoms with Crippen molar-refractivity contribution < 1.29 is 173 Å². The zero-order chi connectivity index (χ0) is 10.8. The molecule has 0 amide bonds. The second kappa shape index (κ2) is 56.5. The van der Waals surface area contributed by atoms with Gasteiger partial charge in [0.25, 0.3) is 0 Å². The van der Waals surface area contributed by atoms with E-state index in [1.165, 1.54) is 0 Å². The van der Waals surface area contributed by atoms with Gasteiger partial charge in [-0.2, -0.15) is 0 Å². The molecule has 2 aliphatic heterocycles. The van der Waals surface area contributed by atoms with Crippen LogP contribution in [0.15, 0.2) is 45.9 Å². The maximum atomic E-state index is 10.2. The summed E-state index contributed by atoms with van der Waals surface area (Å²) in [5.41, 5.74) is 0. The Kier molecular flexibility index (Phi) is 165. The summed E-state index contributed by atoms with van der Waals surface area (Å²) < 4.78 is 20.4. The van der Waals surface area contributed by atoms with Crippen LogP contribution in [0.1, 0.15) is 22.7 Å². The summed E-state index contributed by atoms with van der Waals surface area (Å²) >= 11 is 0. The van der Waals surface area contributed by atoms with E-state index in [2.05, 4.69) is 0 Å². The summed E-state index contributed by atoms with van der Waals surface area (Å²) in [6.07, 6.45) is 7.10. The molecule has 0 bridgehead atoms. The molecule has 2 aliphatic rings. The molecule has 0 saturated heterocycles. The summed E-state index contributed by atoms with van der Waals surface area (Å²) in [6.45, 7) is 4.00. The first-order chi connectivity index (χ1) is 6.79. The Bertz CT molecular complexity index is 283. The van der Waals surface area contributed by atoms with Crippen LogP contribution in [0.25, 0.3) is 0 Å². The van der Waals surface area contributed by atoms with Gasteiger partial charge in [-0.1, -0.05) is 45.6 Å². The molecule has 8 radical (unpaired) electrons. The van der Waals surface area contributed by atoms with Crippen molar-refractivity contribution in [3.05, 3.63) is 68.2 Å². The third kappa shape index (κ3) is 50.5. The molecule has 130 valence electrons. The van der Waals surface area contributed by atoms with Gasteiger partial charge in [-0.3, -0.25) is 8.42 Å². The fourth-order valence-electron chi connectivity index (χ4n) is 0.582. The van der Waals surface area contributed by atoms with Gasteiger partial charge in [-0.25, -0.2) is 0 Å². The van der Waals surface area contributed by atoms with Crippen molar-refractivity contribution >= 4 is 30.0 Å². The fraction of sp³-hybridized carbons (Fsp3) is 0.214. The van der Waals surface area contributed by atoms with Crippen LogP contribution < -0.4 is 0 Å². The van der Waals surface area contributed by atoms with Gasteiger partial charge in [0.15, 0.2) is 0 Å². The van der Waals surface area contributed by atoms with Crippen molar-refractivity contribution in [2.45, 2.75) is 21.3 Å². The predicted octanol–water partition coefficient (Wildman–Crippen LogP) is 4.42. The van der Waals surface area contributed by atoms with Gasteiger partial charge in [0.2, 0.25) is 0 Å². The molecule has 0 aromatic heterocycles. The van der Waals surface area contributed by atoms with Gasteiger partial charge in [-0.05, 0) is 0 Å². The van der Waals surface area contributed by atoms with Crippen LogP contribution in [0.5, 0.6) is 0 Å². The van der Waals surface area contributed by atoms with E-state index >= 15 is 0 Å². The third-order valence-electron chi connectivity index (χ3n) is 1.07. The monoisotopic (exact) mass is 750 g/mol. The summed E-state index contributed by atoms with van der Waals surface area (Å²) in [5, 5.41) is 6.56. The van der Waals surface area contributed by atoms with Gasteiger partial charge >= 0.3 is 0 Å². The molecular formula is C14H29BO2S2Y5-3.